The Morgan fingerprint density at radius 3 is 2.06 bits per heavy atom. The van der Waals surface area contributed by atoms with Crippen molar-refractivity contribution in [3.8, 4) is 11.3 Å². The summed E-state index contributed by atoms with van der Waals surface area (Å²) in [6.45, 7) is 7.98. The van der Waals surface area contributed by atoms with Crippen LogP contribution in [0.4, 0.5) is 0 Å². The molecule has 0 saturated carbocycles. The molecule has 0 amide bonds. The first-order chi connectivity index (χ1) is 7.97. The summed E-state index contributed by atoms with van der Waals surface area (Å²) in [6, 6.07) is 6.39. The van der Waals surface area contributed by atoms with Crippen molar-refractivity contribution in [3.05, 3.63) is 45.9 Å². The molecule has 0 atom stereocenters. The molecule has 2 rings (SSSR count). The van der Waals surface area contributed by atoms with E-state index < -0.39 is 0 Å². The molecule has 0 aliphatic carbocycles. The van der Waals surface area contributed by atoms with Crippen LogP contribution in [0, 0.1) is 27.7 Å². The van der Waals surface area contributed by atoms with Gasteiger partial charge in [0.15, 0.2) is 0 Å². The Morgan fingerprint density at radius 2 is 1.47 bits per heavy atom. The molecule has 3 heteroatoms. The van der Waals surface area contributed by atoms with Gasteiger partial charge in [-0.1, -0.05) is 28.8 Å². The molecular weight excluding hydrogens is 232 g/mol. The molecule has 0 radical (unpaired) electrons. The maximum Gasteiger partial charge on any atom is 0.136 e. The van der Waals surface area contributed by atoms with Gasteiger partial charge in [-0.3, -0.25) is 0 Å². The first kappa shape index (κ1) is 12.1. The van der Waals surface area contributed by atoms with Crippen molar-refractivity contribution in [2.45, 2.75) is 27.7 Å². The van der Waals surface area contributed by atoms with Crippen LogP contribution in [0.15, 0.2) is 18.2 Å². The van der Waals surface area contributed by atoms with Crippen LogP contribution in [-0.2, 0) is 0 Å². The SMILES string of the molecule is Cc1cc(C)cc(-c2nc(C)nc(Cl)c2C)c1. The van der Waals surface area contributed by atoms with E-state index in [2.05, 4.69) is 42.0 Å². The second-order valence-electron chi connectivity index (χ2n) is 4.41. The summed E-state index contributed by atoms with van der Waals surface area (Å²) in [5.74, 6) is 0.703. The van der Waals surface area contributed by atoms with Crippen molar-refractivity contribution in [1.29, 1.82) is 0 Å². The van der Waals surface area contributed by atoms with Crippen molar-refractivity contribution in [2.75, 3.05) is 0 Å². The quantitative estimate of drug-likeness (QED) is 0.710. The third-order valence-electron chi connectivity index (χ3n) is 2.69. The van der Waals surface area contributed by atoms with Gasteiger partial charge in [-0.2, -0.15) is 0 Å². The highest BCUT2D eigenvalue weighted by molar-refractivity contribution is 6.30. The van der Waals surface area contributed by atoms with Gasteiger partial charge in [-0.15, -0.1) is 0 Å². The summed E-state index contributed by atoms with van der Waals surface area (Å²) >= 11 is 6.10. The fourth-order valence-electron chi connectivity index (χ4n) is 1.99. The summed E-state index contributed by atoms with van der Waals surface area (Å²) in [6.07, 6.45) is 0. The highest BCUT2D eigenvalue weighted by atomic mass is 35.5. The molecule has 0 spiro atoms. The summed E-state index contributed by atoms with van der Waals surface area (Å²) in [4.78, 5) is 8.65. The number of hydrogen-bond donors (Lipinski definition) is 0. The lowest BCUT2D eigenvalue weighted by Gasteiger charge is -2.09. The predicted molar refractivity (Wildman–Crippen MR) is 71.4 cm³/mol. The van der Waals surface area contributed by atoms with E-state index in [1.54, 1.807) is 0 Å². The molecule has 0 saturated heterocycles. The van der Waals surface area contributed by atoms with Crippen LogP contribution in [0.25, 0.3) is 11.3 Å². The van der Waals surface area contributed by atoms with E-state index in [9.17, 15) is 0 Å². The number of halogens is 1. The lowest BCUT2D eigenvalue weighted by Crippen LogP contribution is -1.97. The molecule has 0 aliphatic heterocycles. The van der Waals surface area contributed by atoms with Gasteiger partial charge in [0, 0.05) is 11.1 Å². The summed E-state index contributed by atoms with van der Waals surface area (Å²) < 4.78 is 0. The van der Waals surface area contributed by atoms with Crippen molar-refractivity contribution in [3.63, 3.8) is 0 Å². The number of nitrogens with zero attached hydrogens (tertiary/aromatic N) is 2. The standard InChI is InChI=1S/C14H15ClN2/c1-8-5-9(2)7-12(6-8)13-10(3)14(15)17-11(4)16-13/h5-7H,1-4H3. The first-order valence-electron chi connectivity index (χ1n) is 5.57. The highest BCUT2D eigenvalue weighted by Gasteiger charge is 2.10. The minimum absolute atomic E-state index is 0.534. The van der Waals surface area contributed by atoms with Crippen molar-refractivity contribution < 1.29 is 0 Å². The number of hydrogen-bond acceptors (Lipinski definition) is 2. The van der Waals surface area contributed by atoms with Crippen LogP contribution in [-0.4, -0.2) is 9.97 Å². The Balaban J connectivity index is 2.67. The Kier molecular flexibility index (Phi) is 3.16. The molecule has 88 valence electrons. The summed E-state index contributed by atoms with van der Waals surface area (Å²) in [5, 5.41) is 0.534. The van der Waals surface area contributed by atoms with Gasteiger partial charge in [-0.25, -0.2) is 9.97 Å². The van der Waals surface area contributed by atoms with Crippen LogP contribution in [0.3, 0.4) is 0 Å². The van der Waals surface area contributed by atoms with Crippen LogP contribution in [0.1, 0.15) is 22.5 Å². The predicted octanol–water partition coefficient (Wildman–Crippen LogP) is 4.03. The molecular formula is C14H15ClN2. The van der Waals surface area contributed by atoms with E-state index in [0.29, 0.717) is 11.0 Å². The van der Waals surface area contributed by atoms with Gasteiger partial charge in [0.1, 0.15) is 11.0 Å². The van der Waals surface area contributed by atoms with E-state index in [4.69, 9.17) is 11.6 Å². The smallest absolute Gasteiger partial charge is 0.136 e. The molecule has 2 aromatic rings. The number of aromatic nitrogens is 2. The van der Waals surface area contributed by atoms with E-state index in [1.165, 1.54) is 11.1 Å². The van der Waals surface area contributed by atoms with E-state index in [0.717, 1.165) is 16.8 Å². The van der Waals surface area contributed by atoms with Gasteiger partial charge in [0.25, 0.3) is 0 Å². The van der Waals surface area contributed by atoms with E-state index >= 15 is 0 Å². The molecule has 0 fully saturated rings. The Bertz CT molecular complexity index is 556. The zero-order chi connectivity index (χ0) is 12.6. The van der Waals surface area contributed by atoms with Gasteiger partial charge in [-0.05, 0) is 39.8 Å². The molecule has 17 heavy (non-hydrogen) atoms. The van der Waals surface area contributed by atoms with E-state index in [1.807, 2.05) is 13.8 Å². The lowest BCUT2D eigenvalue weighted by molar-refractivity contribution is 1.04. The topological polar surface area (TPSA) is 25.8 Å². The largest absolute Gasteiger partial charge is 0.233 e. The molecule has 0 N–H and O–H groups in total. The molecule has 1 aromatic carbocycles. The molecule has 1 heterocycles. The van der Waals surface area contributed by atoms with Gasteiger partial charge < -0.3 is 0 Å². The average molecular weight is 247 g/mol. The van der Waals surface area contributed by atoms with Crippen LogP contribution >= 0.6 is 11.6 Å². The molecule has 0 bridgehead atoms. The summed E-state index contributed by atoms with van der Waals surface area (Å²) in [5.41, 5.74) is 5.42. The average Bonchev–Trinajstić information content (AvgIpc) is 2.22. The van der Waals surface area contributed by atoms with Crippen molar-refractivity contribution in [1.82, 2.24) is 9.97 Å². The molecule has 0 aliphatic rings. The maximum absolute atomic E-state index is 6.10. The zero-order valence-corrected chi connectivity index (χ0v) is 11.3. The maximum atomic E-state index is 6.10. The fourth-order valence-corrected chi connectivity index (χ4v) is 2.20. The Morgan fingerprint density at radius 1 is 0.882 bits per heavy atom. The zero-order valence-electron chi connectivity index (χ0n) is 10.5. The third kappa shape index (κ3) is 2.47. The Labute approximate surface area is 107 Å². The van der Waals surface area contributed by atoms with Crippen molar-refractivity contribution in [2.24, 2.45) is 0 Å². The van der Waals surface area contributed by atoms with Gasteiger partial charge in [0.2, 0.25) is 0 Å². The van der Waals surface area contributed by atoms with Crippen molar-refractivity contribution >= 4 is 11.6 Å². The first-order valence-corrected chi connectivity index (χ1v) is 5.94. The highest BCUT2D eigenvalue weighted by Crippen LogP contribution is 2.27. The van der Waals surface area contributed by atoms with Gasteiger partial charge in [0.05, 0.1) is 5.69 Å². The normalized spacial score (nSPS) is 10.6. The second kappa shape index (κ2) is 4.46. The molecule has 1 aromatic heterocycles. The third-order valence-corrected chi connectivity index (χ3v) is 3.06. The van der Waals surface area contributed by atoms with E-state index in [-0.39, 0.29) is 0 Å². The van der Waals surface area contributed by atoms with Crippen LogP contribution in [0.5, 0.6) is 0 Å². The minimum atomic E-state index is 0.534. The van der Waals surface area contributed by atoms with Crippen LogP contribution in [0.2, 0.25) is 5.15 Å². The van der Waals surface area contributed by atoms with Crippen LogP contribution < -0.4 is 0 Å². The fraction of sp³-hybridized carbons (Fsp3) is 0.286. The minimum Gasteiger partial charge on any atom is -0.233 e. The second-order valence-corrected chi connectivity index (χ2v) is 4.77. The summed E-state index contributed by atoms with van der Waals surface area (Å²) in [7, 11) is 0. The number of benzene rings is 1. The molecule has 0 unspecified atom stereocenters. The number of aryl methyl sites for hydroxylation is 3. The Hall–Kier alpha value is -1.41. The number of rotatable bonds is 1. The lowest BCUT2D eigenvalue weighted by atomic mass is 10.0. The monoisotopic (exact) mass is 246 g/mol. The molecule has 2 nitrogen and oxygen atoms in total. The van der Waals surface area contributed by atoms with Gasteiger partial charge >= 0.3 is 0 Å².